The van der Waals surface area contributed by atoms with E-state index in [2.05, 4.69) is 35.5 Å². The molecule has 0 saturated heterocycles. The predicted octanol–water partition coefficient (Wildman–Crippen LogP) is 2.06. The molecule has 3 nitrogen and oxygen atoms in total. The molecule has 72 valence electrons. The molecule has 1 aromatic heterocycles. The van der Waals surface area contributed by atoms with E-state index in [1.54, 1.807) is 0 Å². The quantitative estimate of drug-likeness (QED) is 0.711. The summed E-state index contributed by atoms with van der Waals surface area (Å²) in [6, 6.07) is 0. The maximum Gasteiger partial charge on any atom is 0.136 e. The fraction of sp³-hybridized carbons (Fsp3) is 0.800. The molecule has 1 aliphatic carbocycles. The number of nitrogens with zero attached hydrogens (tertiary/aromatic N) is 3. The van der Waals surface area contributed by atoms with Crippen LogP contribution < -0.4 is 0 Å². The maximum absolute atomic E-state index is 4.19. The van der Waals surface area contributed by atoms with Crippen molar-refractivity contribution in [2.45, 2.75) is 39.7 Å². The Morgan fingerprint density at radius 2 is 2.31 bits per heavy atom. The largest absolute Gasteiger partial charge is 0.317 e. The summed E-state index contributed by atoms with van der Waals surface area (Å²) in [5, 5.41) is 8.18. The molecule has 1 aliphatic rings. The highest BCUT2D eigenvalue weighted by atomic mass is 15.3. The highest BCUT2D eigenvalue weighted by Crippen LogP contribution is 2.45. The lowest BCUT2D eigenvalue weighted by molar-refractivity contribution is 0.504. The van der Waals surface area contributed by atoms with Gasteiger partial charge in [-0.2, -0.15) is 0 Å². The molecule has 0 bridgehead atoms. The summed E-state index contributed by atoms with van der Waals surface area (Å²) in [6.07, 6.45) is 3.15. The molecule has 0 spiro atoms. The fourth-order valence-corrected chi connectivity index (χ4v) is 1.77. The molecule has 2 unspecified atom stereocenters. The smallest absolute Gasteiger partial charge is 0.136 e. The van der Waals surface area contributed by atoms with Gasteiger partial charge >= 0.3 is 0 Å². The van der Waals surface area contributed by atoms with Crippen LogP contribution in [0.15, 0.2) is 6.33 Å². The molecule has 1 fully saturated rings. The molecule has 0 amide bonds. The molecule has 1 aromatic rings. The zero-order chi connectivity index (χ0) is 9.42. The summed E-state index contributed by atoms with van der Waals surface area (Å²) >= 11 is 0. The van der Waals surface area contributed by atoms with Crippen molar-refractivity contribution in [3.05, 3.63) is 12.2 Å². The van der Waals surface area contributed by atoms with Gasteiger partial charge < -0.3 is 4.57 Å². The van der Waals surface area contributed by atoms with Crippen molar-refractivity contribution in [3.63, 3.8) is 0 Å². The summed E-state index contributed by atoms with van der Waals surface area (Å²) in [5.74, 6) is 3.36. The maximum atomic E-state index is 4.19. The van der Waals surface area contributed by atoms with E-state index >= 15 is 0 Å². The minimum Gasteiger partial charge on any atom is -0.317 e. The normalized spacial score (nSPS) is 26.8. The summed E-state index contributed by atoms with van der Waals surface area (Å²) < 4.78 is 2.21. The third-order valence-electron chi connectivity index (χ3n) is 2.65. The number of hydrogen-bond donors (Lipinski definition) is 0. The molecule has 0 aliphatic heterocycles. The molecule has 0 aromatic carbocycles. The van der Waals surface area contributed by atoms with Crippen molar-refractivity contribution < 1.29 is 0 Å². The highest BCUT2D eigenvalue weighted by molar-refractivity contribution is 5.08. The molecular formula is C10H17N3. The highest BCUT2D eigenvalue weighted by Gasteiger charge is 2.37. The Labute approximate surface area is 79.2 Å². The van der Waals surface area contributed by atoms with Gasteiger partial charge in [0.15, 0.2) is 0 Å². The second kappa shape index (κ2) is 3.13. The van der Waals surface area contributed by atoms with E-state index in [0.29, 0.717) is 11.8 Å². The minimum absolute atomic E-state index is 0.670. The van der Waals surface area contributed by atoms with Gasteiger partial charge in [0.2, 0.25) is 0 Å². The number of hydrogen-bond acceptors (Lipinski definition) is 2. The molecule has 0 radical (unpaired) electrons. The molecule has 1 saturated carbocycles. The van der Waals surface area contributed by atoms with Gasteiger partial charge in [0.1, 0.15) is 12.2 Å². The van der Waals surface area contributed by atoms with Crippen molar-refractivity contribution in [2.24, 2.45) is 11.8 Å². The molecular weight excluding hydrogens is 162 g/mol. The number of aromatic nitrogens is 3. The van der Waals surface area contributed by atoms with Crippen molar-refractivity contribution in [1.29, 1.82) is 0 Å². The van der Waals surface area contributed by atoms with E-state index < -0.39 is 0 Å². The van der Waals surface area contributed by atoms with Crippen LogP contribution >= 0.6 is 0 Å². The third kappa shape index (κ3) is 1.74. The molecule has 3 heteroatoms. The summed E-state index contributed by atoms with van der Waals surface area (Å²) in [6.45, 7) is 7.77. The standard InChI is InChI=1S/C10H17N3/c1-7(2)5-13-6-11-12-10(13)9-4-8(9)3/h6-9H,4-5H2,1-3H3. The van der Waals surface area contributed by atoms with Crippen LogP contribution in [0.4, 0.5) is 0 Å². The Morgan fingerprint density at radius 3 is 2.85 bits per heavy atom. The first-order chi connectivity index (χ1) is 6.18. The van der Waals surface area contributed by atoms with Crippen LogP contribution in [0.2, 0.25) is 0 Å². The van der Waals surface area contributed by atoms with Gasteiger partial charge in [0, 0.05) is 12.5 Å². The van der Waals surface area contributed by atoms with Crippen molar-refractivity contribution >= 4 is 0 Å². The molecule has 13 heavy (non-hydrogen) atoms. The lowest BCUT2D eigenvalue weighted by atomic mass is 10.2. The first-order valence-electron chi connectivity index (χ1n) is 5.06. The van der Waals surface area contributed by atoms with Gasteiger partial charge in [-0.05, 0) is 18.3 Å². The van der Waals surface area contributed by atoms with Gasteiger partial charge in [-0.1, -0.05) is 20.8 Å². The molecule has 2 rings (SSSR count). The van der Waals surface area contributed by atoms with Gasteiger partial charge in [-0.3, -0.25) is 0 Å². The topological polar surface area (TPSA) is 30.7 Å². The summed E-state index contributed by atoms with van der Waals surface area (Å²) in [4.78, 5) is 0. The third-order valence-corrected chi connectivity index (χ3v) is 2.65. The SMILES string of the molecule is CC(C)Cn1cnnc1C1CC1C. The van der Waals surface area contributed by atoms with Crippen LogP contribution in [0.5, 0.6) is 0 Å². The Balaban J connectivity index is 2.12. The lowest BCUT2D eigenvalue weighted by Crippen LogP contribution is -2.07. The monoisotopic (exact) mass is 179 g/mol. The lowest BCUT2D eigenvalue weighted by Gasteiger charge is -2.08. The first-order valence-corrected chi connectivity index (χ1v) is 5.06. The van der Waals surface area contributed by atoms with Gasteiger partial charge in [-0.15, -0.1) is 10.2 Å². The second-order valence-corrected chi connectivity index (χ2v) is 4.55. The Morgan fingerprint density at radius 1 is 1.62 bits per heavy atom. The summed E-state index contributed by atoms with van der Waals surface area (Å²) in [7, 11) is 0. The van der Waals surface area contributed by atoms with Crippen molar-refractivity contribution in [2.75, 3.05) is 0 Å². The zero-order valence-electron chi connectivity index (χ0n) is 8.57. The van der Waals surface area contributed by atoms with E-state index in [4.69, 9.17) is 0 Å². The first kappa shape index (κ1) is 8.73. The van der Waals surface area contributed by atoms with Crippen LogP contribution in [-0.2, 0) is 6.54 Å². The van der Waals surface area contributed by atoms with Gasteiger partial charge in [0.25, 0.3) is 0 Å². The van der Waals surface area contributed by atoms with Crippen LogP contribution in [-0.4, -0.2) is 14.8 Å². The van der Waals surface area contributed by atoms with Crippen LogP contribution in [0.25, 0.3) is 0 Å². The van der Waals surface area contributed by atoms with E-state index in [-0.39, 0.29) is 0 Å². The van der Waals surface area contributed by atoms with Crippen LogP contribution in [0.1, 0.15) is 38.9 Å². The number of rotatable bonds is 3. The van der Waals surface area contributed by atoms with Gasteiger partial charge in [-0.25, -0.2) is 0 Å². The van der Waals surface area contributed by atoms with E-state index in [0.717, 1.165) is 12.5 Å². The Hall–Kier alpha value is -0.860. The van der Waals surface area contributed by atoms with E-state index in [1.807, 2.05) is 6.33 Å². The average Bonchev–Trinajstić information content (AvgIpc) is 2.60. The minimum atomic E-state index is 0.670. The fourth-order valence-electron chi connectivity index (χ4n) is 1.77. The van der Waals surface area contributed by atoms with Crippen LogP contribution in [0, 0.1) is 11.8 Å². The van der Waals surface area contributed by atoms with Crippen LogP contribution in [0.3, 0.4) is 0 Å². The average molecular weight is 179 g/mol. The van der Waals surface area contributed by atoms with E-state index in [1.165, 1.54) is 12.2 Å². The molecule has 1 heterocycles. The molecule has 2 atom stereocenters. The van der Waals surface area contributed by atoms with E-state index in [9.17, 15) is 0 Å². The Kier molecular flexibility index (Phi) is 2.10. The second-order valence-electron chi connectivity index (χ2n) is 4.55. The van der Waals surface area contributed by atoms with Gasteiger partial charge in [0.05, 0.1) is 0 Å². The zero-order valence-corrected chi connectivity index (χ0v) is 8.57. The molecule has 0 N–H and O–H groups in total. The van der Waals surface area contributed by atoms with Crippen molar-refractivity contribution in [1.82, 2.24) is 14.8 Å². The van der Waals surface area contributed by atoms with Crippen molar-refractivity contribution in [3.8, 4) is 0 Å². The summed E-state index contributed by atoms with van der Waals surface area (Å²) in [5.41, 5.74) is 0. The Bertz CT molecular complexity index is 290. The predicted molar refractivity (Wildman–Crippen MR) is 51.4 cm³/mol.